The molecule has 0 radical (unpaired) electrons. The van der Waals surface area contributed by atoms with E-state index in [1.807, 2.05) is 63.0 Å². The molecule has 0 atom stereocenters. The standard InChI is InChI=1S/C21H23ClN8S/c1-3-30-15(2)17(10-24-30)13-29-14-19(11-23-29)25-21(31)26-20-8-9-28(27-20)12-16-4-6-18(22)7-5-16/h4-11,14H,3,12-13H2,1-2H3,(H2,25,26,27,31). The van der Waals surface area contributed by atoms with Gasteiger partial charge < -0.3 is 10.6 Å². The number of hydrogen-bond acceptors (Lipinski definition) is 4. The summed E-state index contributed by atoms with van der Waals surface area (Å²) < 4.78 is 5.67. The molecule has 8 nitrogen and oxygen atoms in total. The predicted molar refractivity (Wildman–Crippen MR) is 127 cm³/mol. The van der Waals surface area contributed by atoms with Gasteiger partial charge in [-0.15, -0.1) is 0 Å². The topological polar surface area (TPSA) is 77.5 Å². The van der Waals surface area contributed by atoms with E-state index in [4.69, 9.17) is 23.8 Å². The van der Waals surface area contributed by atoms with E-state index in [1.165, 1.54) is 0 Å². The highest BCUT2D eigenvalue weighted by Gasteiger charge is 2.08. The van der Waals surface area contributed by atoms with Gasteiger partial charge in [0.05, 0.1) is 31.2 Å². The Morgan fingerprint density at radius 2 is 1.84 bits per heavy atom. The molecule has 0 saturated carbocycles. The molecule has 10 heteroatoms. The number of hydrogen-bond donors (Lipinski definition) is 2. The third kappa shape index (κ3) is 5.31. The maximum atomic E-state index is 5.93. The van der Waals surface area contributed by atoms with E-state index in [-0.39, 0.29) is 0 Å². The van der Waals surface area contributed by atoms with E-state index in [9.17, 15) is 0 Å². The zero-order valence-electron chi connectivity index (χ0n) is 17.3. The maximum absolute atomic E-state index is 5.93. The van der Waals surface area contributed by atoms with E-state index in [2.05, 4.69) is 39.8 Å². The lowest BCUT2D eigenvalue weighted by atomic mass is 10.2. The summed E-state index contributed by atoms with van der Waals surface area (Å²) in [5, 5.41) is 20.7. The monoisotopic (exact) mass is 454 g/mol. The second kappa shape index (κ2) is 9.32. The fourth-order valence-electron chi connectivity index (χ4n) is 3.22. The summed E-state index contributed by atoms with van der Waals surface area (Å²) in [5.74, 6) is 0.668. The third-order valence-corrected chi connectivity index (χ3v) is 5.32. The summed E-state index contributed by atoms with van der Waals surface area (Å²) in [6.45, 7) is 6.31. The quantitative estimate of drug-likeness (QED) is 0.408. The van der Waals surface area contributed by atoms with Crippen LogP contribution in [0.1, 0.15) is 23.7 Å². The highest BCUT2D eigenvalue weighted by molar-refractivity contribution is 7.80. The molecule has 0 aliphatic rings. The SMILES string of the molecule is CCn1ncc(Cn2cc(NC(=S)Nc3ccn(Cc4ccc(Cl)cc4)n3)cn2)c1C. The van der Waals surface area contributed by atoms with Crippen molar-refractivity contribution in [3.8, 4) is 0 Å². The maximum Gasteiger partial charge on any atom is 0.176 e. The van der Waals surface area contributed by atoms with Crippen molar-refractivity contribution in [2.75, 3.05) is 10.6 Å². The van der Waals surface area contributed by atoms with Crippen molar-refractivity contribution in [1.82, 2.24) is 29.3 Å². The van der Waals surface area contributed by atoms with Gasteiger partial charge in [-0.05, 0) is 43.8 Å². The largest absolute Gasteiger partial charge is 0.330 e. The highest BCUT2D eigenvalue weighted by Crippen LogP contribution is 2.13. The van der Waals surface area contributed by atoms with Gasteiger partial charge in [0.25, 0.3) is 0 Å². The molecule has 31 heavy (non-hydrogen) atoms. The minimum absolute atomic E-state index is 0.450. The number of benzene rings is 1. The Morgan fingerprint density at radius 3 is 2.58 bits per heavy atom. The molecule has 0 aliphatic heterocycles. The first kappa shape index (κ1) is 21.1. The van der Waals surface area contributed by atoms with Gasteiger partial charge in [-0.2, -0.15) is 15.3 Å². The molecule has 160 valence electrons. The molecule has 0 spiro atoms. The lowest BCUT2D eigenvalue weighted by Gasteiger charge is -2.06. The molecule has 0 aliphatic carbocycles. The number of thiocarbonyl (C=S) groups is 1. The van der Waals surface area contributed by atoms with E-state index in [1.54, 1.807) is 6.20 Å². The van der Waals surface area contributed by atoms with E-state index in [0.29, 0.717) is 24.0 Å². The van der Waals surface area contributed by atoms with Crippen molar-refractivity contribution in [1.29, 1.82) is 0 Å². The number of aryl methyl sites for hydroxylation is 1. The Bertz CT molecular complexity index is 1170. The van der Waals surface area contributed by atoms with Crippen molar-refractivity contribution < 1.29 is 0 Å². The van der Waals surface area contributed by atoms with Crippen LogP contribution >= 0.6 is 23.8 Å². The number of halogens is 1. The Labute approximate surface area is 190 Å². The van der Waals surface area contributed by atoms with Gasteiger partial charge in [0.15, 0.2) is 10.9 Å². The van der Waals surface area contributed by atoms with Crippen molar-refractivity contribution >= 4 is 40.4 Å². The normalized spacial score (nSPS) is 10.9. The Kier molecular flexibility index (Phi) is 6.34. The van der Waals surface area contributed by atoms with Gasteiger partial charge in [0, 0.05) is 41.3 Å². The van der Waals surface area contributed by atoms with Crippen LogP contribution in [0.2, 0.25) is 5.02 Å². The zero-order valence-corrected chi connectivity index (χ0v) is 18.9. The molecule has 4 aromatic rings. The fourth-order valence-corrected chi connectivity index (χ4v) is 3.57. The average Bonchev–Trinajstić information content (AvgIpc) is 3.46. The molecule has 4 rings (SSSR count). The molecule has 0 unspecified atom stereocenters. The Hall–Kier alpha value is -3.17. The Balaban J connectivity index is 1.31. The van der Waals surface area contributed by atoms with Crippen molar-refractivity contribution in [2.45, 2.75) is 33.5 Å². The molecular formula is C21H23ClN8S. The van der Waals surface area contributed by atoms with Gasteiger partial charge in [0.1, 0.15) is 0 Å². The number of aromatic nitrogens is 6. The van der Waals surface area contributed by atoms with Crippen molar-refractivity contribution in [2.24, 2.45) is 0 Å². The van der Waals surface area contributed by atoms with Gasteiger partial charge >= 0.3 is 0 Å². The minimum atomic E-state index is 0.450. The molecule has 0 fully saturated rings. The van der Waals surface area contributed by atoms with Gasteiger partial charge in [0.2, 0.25) is 0 Å². The molecule has 3 aromatic heterocycles. The molecule has 3 heterocycles. The summed E-state index contributed by atoms with van der Waals surface area (Å²) in [4.78, 5) is 0. The molecule has 1 aromatic carbocycles. The van der Waals surface area contributed by atoms with E-state index in [0.717, 1.165) is 34.1 Å². The van der Waals surface area contributed by atoms with Crippen LogP contribution in [0.25, 0.3) is 0 Å². The summed E-state index contributed by atoms with van der Waals surface area (Å²) in [6.07, 6.45) is 7.44. The van der Waals surface area contributed by atoms with Crippen LogP contribution in [0.15, 0.2) is 55.1 Å². The fraction of sp³-hybridized carbons (Fsp3) is 0.238. The smallest absolute Gasteiger partial charge is 0.176 e. The zero-order chi connectivity index (χ0) is 21.8. The van der Waals surface area contributed by atoms with Crippen LogP contribution in [0.3, 0.4) is 0 Å². The third-order valence-electron chi connectivity index (χ3n) is 4.87. The lowest BCUT2D eigenvalue weighted by Crippen LogP contribution is -2.19. The summed E-state index contributed by atoms with van der Waals surface area (Å²) in [5.41, 5.74) is 4.22. The Morgan fingerprint density at radius 1 is 1.03 bits per heavy atom. The highest BCUT2D eigenvalue weighted by atomic mass is 35.5. The van der Waals surface area contributed by atoms with Gasteiger partial charge in [-0.25, -0.2) is 0 Å². The van der Waals surface area contributed by atoms with Crippen LogP contribution in [-0.4, -0.2) is 34.5 Å². The van der Waals surface area contributed by atoms with E-state index < -0.39 is 0 Å². The minimum Gasteiger partial charge on any atom is -0.330 e. The second-order valence-electron chi connectivity index (χ2n) is 7.10. The van der Waals surface area contributed by atoms with Crippen LogP contribution < -0.4 is 10.6 Å². The summed E-state index contributed by atoms with van der Waals surface area (Å²) >= 11 is 11.3. The van der Waals surface area contributed by atoms with Gasteiger partial charge in [-0.1, -0.05) is 23.7 Å². The molecule has 0 amide bonds. The van der Waals surface area contributed by atoms with Crippen LogP contribution in [0, 0.1) is 6.92 Å². The first-order valence-corrected chi connectivity index (χ1v) is 10.7. The second-order valence-corrected chi connectivity index (χ2v) is 7.95. The van der Waals surface area contributed by atoms with E-state index >= 15 is 0 Å². The molecule has 0 bridgehead atoms. The van der Waals surface area contributed by atoms with Crippen LogP contribution in [0.5, 0.6) is 0 Å². The van der Waals surface area contributed by atoms with Gasteiger partial charge in [-0.3, -0.25) is 14.0 Å². The lowest BCUT2D eigenvalue weighted by molar-refractivity contribution is 0.633. The summed E-state index contributed by atoms with van der Waals surface area (Å²) in [7, 11) is 0. The number of anilines is 2. The number of rotatable bonds is 7. The first-order valence-electron chi connectivity index (χ1n) is 9.90. The van der Waals surface area contributed by atoms with Crippen molar-refractivity contribution in [3.63, 3.8) is 0 Å². The predicted octanol–water partition coefficient (Wildman–Crippen LogP) is 4.16. The molecular weight excluding hydrogens is 432 g/mol. The average molecular weight is 455 g/mol. The van der Waals surface area contributed by atoms with Crippen LogP contribution in [-0.2, 0) is 19.6 Å². The summed E-state index contributed by atoms with van der Waals surface area (Å²) in [6, 6.07) is 9.58. The number of nitrogens with one attached hydrogen (secondary N) is 2. The first-order chi connectivity index (χ1) is 15.0. The molecule has 2 N–H and O–H groups in total. The van der Waals surface area contributed by atoms with Crippen LogP contribution in [0.4, 0.5) is 11.5 Å². The molecule has 0 saturated heterocycles. The number of nitrogens with zero attached hydrogens (tertiary/aromatic N) is 6. The van der Waals surface area contributed by atoms with Crippen molar-refractivity contribution in [3.05, 3.63) is 77.0 Å².